The molecule has 5 heteroatoms. The topological polar surface area (TPSA) is 58.6 Å². The molecule has 1 unspecified atom stereocenters. The number of nitrogens with one attached hydrogen (secondary N) is 1. The van der Waals surface area contributed by atoms with Crippen molar-refractivity contribution in [1.82, 2.24) is 10.2 Å². The summed E-state index contributed by atoms with van der Waals surface area (Å²) in [5, 5.41) is 2.98. The summed E-state index contributed by atoms with van der Waals surface area (Å²) in [4.78, 5) is 26.1. The minimum Gasteiger partial charge on any atom is -0.363 e. The van der Waals surface area contributed by atoms with E-state index in [1.54, 1.807) is 0 Å². The third-order valence-electron chi connectivity index (χ3n) is 5.94. The summed E-state index contributed by atoms with van der Waals surface area (Å²) >= 11 is 0. The highest BCUT2D eigenvalue weighted by molar-refractivity contribution is 5.79. The van der Waals surface area contributed by atoms with Crippen LogP contribution in [-0.4, -0.2) is 48.1 Å². The molecule has 0 radical (unpaired) electrons. The standard InChI is InChI=1S/C17H28N2O3/c1-12-3-5-14(6-4-12)16(21)19-9-7-17(8-10-19)13(2)18-15(20)11-22-17/h12-14H,3-11H2,1-2H3,(H,18,20). The molecule has 5 nitrogen and oxygen atoms in total. The van der Waals surface area contributed by atoms with Crippen molar-refractivity contribution in [3.05, 3.63) is 0 Å². The first kappa shape index (κ1) is 15.8. The van der Waals surface area contributed by atoms with Gasteiger partial charge in [-0.05, 0) is 51.4 Å². The Labute approximate surface area is 132 Å². The van der Waals surface area contributed by atoms with Crippen molar-refractivity contribution < 1.29 is 14.3 Å². The Hall–Kier alpha value is -1.10. The summed E-state index contributed by atoms with van der Waals surface area (Å²) in [6.07, 6.45) is 6.10. The van der Waals surface area contributed by atoms with E-state index < -0.39 is 0 Å². The van der Waals surface area contributed by atoms with Crippen molar-refractivity contribution in [2.24, 2.45) is 11.8 Å². The van der Waals surface area contributed by atoms with Crippen LogP contribution < -0.4 is 5.32 Å². The highest BCUT2D eigenvalue weighted by Gasteiger charge is 2.45. The summed E-state index contributed by atoms with van der Waals surface area (Å²) in [5.74, 6) is 1.31. The van der Waals surface area contributed by atoms with E-state index in [4.69, 9.17) is 4.74 Å². The van der Waals surface area contributed by atoms with Gasteiger partial charge in [-0.1, -0.05) is 6.92 Å². The van der Waals surface area contributed by atoms with E-state index in [2.05, 4.69) is 12.2 Å². The van der Waals surface area contributed by atoms with Gasteiger partial charge in [-0.2, -0.15) is 0 Å². The normalized spacial score (nSPS) is 35.3. The molecule has 3 rings (SSSR count). The van der Waals surface area contributed by atoms with Crippen molar-refractivity contribution in [2.75, 3.05) is 19.7 Å². The SMILES string of the molecule is CC1CCC(C(=O)N2CCC3(CC2)OCC(=O)NC3C)CC1. The first-order valence-corrected chi connectivity index (χ1v) is 8.72. The lowest BCUT2D eigenvalue weighted by molar-refractivity contribution is -0.164. The Morgan fingerprint density at radius 2 is 1.82 bits per heavy atom. The van der Waals surface area contributed by atoms with E-state index in [-0.39, 0.29) is 30.1 Å². The van der Waals surface area contributed by atoms with E-state index in [0.29, 0.717) is 5.91 Å². The average molecular weight is 308 g/mol. The molecule has 1 saturated carbocycles. The van der Waals surface area contributed by atoms with Crippen LogP contribution in [-0.2, 0) is 14.3 Å². The lowest BCUT2D eigenvalue weighted by Gasteiger charge is -2.48. The minimum absolute atomic E-state index is 0.0292. The van der Waals surface area contributed by atoms with Gasteiger partial charge in [-0.25, -0.2) is 0 Å². The molecular weight excluding hydrogens is 280 g/mol. The van der Waals surface area contributed by atoms with Gasteiger partial charge in [0.15, 0.2) is 0 Å². The fourth-order valence-electron chi connectivity index (χ4n) is 4.20. The van der Waals surface area contributed by atoms with Crippen LogP contribution in [0.1, 0.15) is 52.4 Å². The fraction of sp³-hybridized carbons (Fsp3) is 0.882. The summed E-state index contributed by atoms with van der Waals surface area (Å²) in [7, 11) is 0. The van der Waals surface area contributed by atoms with Gasteiger partial charge in [0, 0.05) is 19.0 Å². The predicted molar refractivity (Wildman–Crippen MR) is 83.2 cm³/mol. The van der Waals surface area contributed by atoms with Gasteiger partial charge in [-0.3, -0.25) is 9.59 Å². The summed E-state index contributed by atoms with van der Waals surface area (Å²) in [5.41, 5.74) is -0.272. The first-order valence-electron chi connectivity index (χ1n) is 8.72. The molecule has 1 spiro atoms. The van der Waals surface area contributed by atoms with E-state index in [9.17, 15) is 9.59 Å². The molecule has 124 valence electrons. The molecule has 3 aliphatic rings. The number of carbonyl (C=O) groups is 2. The third kappa shape index (κ3) is 3.00. The van der Waals surface area contributed by atoms with Crippen LogP contribution in [0.4, 0.5) is 0 Å². The second-order valence-electron chi connectivity index (χ2n) is 7.42. The molecule has 2 aliphatic heterocycles. The van der Waals surface area contributed by atoms with Crippen molar-refractivity contribution in [3.8, 4) is 0 Å². The molecule has 1 N–H and O–H groups in total. The van der Waals surface area contributed by atoms with Crippen LogP contribution >= 0.6 is 0 Å². The monoisotopic (exact) mass is 308 g/mol. The second-order valence-corrected chi connectivity index (χ2v) is 7.42. The number of rotatable bonds is 1. The highest BCUT2D eigenvalue weighted by atomic mass is 16.5. The lowest BCUT2D eigenvalue weighted by Crippen LogP contribution is -2.63. The Balaban J connectivity index is 1.55. The largest absolute Gasteiger partial charge is 0.363 e. The Morgan fingerprint density at radius 1 is 1.18 bits per heavy atom. The molecule has 0 aromatic carbocycles. The summed E-state index contributed by atoms with van der Waals surface area (Å²) in [6.45, 7) is 5.95. The molecule has 2 heterocycles. The molecule has 0 aromatic rings. The minimum atomic E-state index is -0.272. The van der Waals surface area contributed by atoms with Gasteiger partial charge >= 0.3 is 0 Å². The maximum atomic E-state index is 12.7. The van der Waals surface area contributed by atoms with Crippen molar-refractivity contribution in [2.45, 2.75) is 64.0 Å². The van der Waals surface area contributed by atoms with Crippen molar-refractivity contribution in [1.29, 1.82) is 0 Å². The Bertz CT molecular complexity index is 435. The van der Waals surface area contributed by atoms with E-state index in [0.717, 1.165) is 44.7 Å². The smallest absolute Gasteiger partial charge is 0.246 e. The lowest BCUT2D eigenvalue weighted by atomic mass is 9.80. The van der Waals surface area contributed by atoms with Crippen molar-refractivity contribution >= 4 is 11.8 Å². The quantitative estimate of drug-likeness (QED) is 0.802. The van der Waals surface area contributed by atoms with Crippen LogP contribution in [0.15, 0.2) is 0 Å². The average Bonchev–Trinajstić information content (AvgIpc) is 2.52. The Morgan fingerprint density at radius 3 is 2.41 bits per heavy atom. The van der Waals surface area contributed by atoms with Crippen LogP contribution in [0, 0.1) is 11.8 Å². The van der Waals surface area contributed by atoms with Crippen LogP contribution in [0.2, 0.25) is 0 Å². The summed E-state index contributed by atoms with van der Waals surface area (Å²) in [6, 6.07) is 0.0292. The number of morpholine rings is 1. The zero-order valence-corrected chi connectivity index (χ0v) is 13.8. The number of ether oxygens (including phenoxy) is 1. The van der Waals surface area contributed by atoms with Gasteiger partial charge in [0.05, 0.1) is 11.6 Å². The Kier molecular flexibility index (Phi) is 4.44. The van der Waals surface area contributed by atoms with Crippen molar-refractivity contribution in [3.63, 3.8) is 0 Å². The van der Waals surface area contributed by atoms with Crippen LogP contribution in [0.25, 0.3) is 0 Å². The van der Waals surface area contributed by atoms with E-state index in [1.807, 2.05) is 11.8 Å². The van der Waals surface area contributed by atoms with E-state index >= 15 is 0 Å². The molecule has 0 bridgehead atoms. The number of hydrogen-bond acceptors (Lipinski definition) is 3. The zero-order valence-electron chi connectivity index (χ0n) is 13.8. The van der Waals surface area contributed by atoms with Gasteiger partial charge in [0.2, 0.25) is 11.8 Å². The third-order valence-corrected chi connectivity index (χ3v) is 5.94. The zero-order chi connectivity index (χ0) is 15.7. The maximum Gasteiger partial charge on any atom is 0.246 e. The molecule has 2 saturated heterocycles. The fourth-order valence-corrected chi connectivity index (χ4v) is 4.20. The number of nitrogens with zero attached hydrogens (tertiary/aromatic N) is 1. The maximum absolute atomic E-state index is 12.7. The number of piperidine rings is 1. The molecule has 1 atom stereocenters. The molecule has 1 aliphatic carbocycles. The molecule has 3 fully saturated rings. The highest BCUT2D eigenvalue weighted by Crippen LogP contribution is 2.34. The molecular formula is C17H28N2O3. The number of likely N-dealkylation sites (tertiary alicyclic amines) is 1. The van der Waals surface area contributed by atoms with Gasteiger partial charge < -0.3 is 15.0 Å². The first-order chi connectivity index (χ1) is 10.5. The predicted octanol–water partition coefficient (Wildman–Crippen LogP) is 1.71. The number of carbonyl (C=O) groups excluding carboxylic acids is 2. The number of hydrogen-bond donors (Lipinski definition) is 1. The van der Waals surface area contributed by atoms with Gasteiger partial charge in [0.1, 0.15) is 6.61 Å². The van der Waals surface area contributed by atoms with Crippen LogP contribution in [0.5, 0.6) is 0 Å². The molecule has 0 aromatic heterocycles. The van der Waals surface area contributed by atoms with Gasteiger partial charge in [-0.15, -0.1) is 0 Å². The second kappa shape index (κ2) is 6.19. The molecule has 22 heavy (non-hydrogen) atoms. The van der Waals surface area contributed by atoms with E-state index in [1.165, 1.54) is 12.8 Å². The number of amides is 2. The van der Waals surface area contributed by atoms with Gasteiger partial charge in [0.25, 0.3) is 0 Å². The summed E-state index contributed by atoms with van der Waals surface area (Å²) < 4.78 is 5.87. The molecule has 2 amide bonds. The van der Waals surface area contributed by atoms with Crippen LogP contribution in [0.3, 0.4) is 0 Å².